The van der Waals surface area contributed by atoms with Gasteiger partial charge in [-0.2, -0.15) is 0 Å². The molecule has 5 nitrogen and oxygen atoms in total. The Labute approximate surface area is 140 Å². The molecule has 0 bridgehead atoms. The predicted octanol–water partition coefficient (Wildman–Crippen LogP) is 3.10. The quantitative estimate of drug-likeness (QED) is 0.727. The fourth-order valence-corrected chi connectivity index (χ4v) is 3.49. The van der Waals surface area contributed by atoms with Gasteiger partial charge in [-0.05, 0) is 23.8 Å². The minimum absolute atomic E-state index is 0.189. The van der Waals surface area contributed by atoms with Crippen molar-refractivity contribution in [3.05, 3.63) is 59.2 Å². The second kappa shape index (κ2) is 5.83. The number of carbonyl (C=O) groups is 1. The number of ether oxygens (including phenoxy) is 1. The van der Waals surface area contributed by atoms with Gasteiger partial charge in [-0.3, -0.25) is 10.1 Å². The molecule has 0 amide bonds. The topological polar surface area (TPSA) is 67.3 Å². The summed E-state index contributed by atoms with van der Waals surface area (Å²) in [6.07, 6.45) is 1.44. The minimum Gasteiger partial charge on any atom is -0.468 e. The standard InChI is InChI=1S/C19H20N2O3/c1-3-11-8-9-16(24-11)18-17-13(10-15(21-18)19(22)23-2)12-6-4-5-7-14(12)20-17/h4-9,15,18,20-21H,3,10H2,1-2H3. The van der Waals surface area contributed by atoms with E-state index in [-0.39, 0.29) is 18.1 Å². The highest BCUT2D eigenvalue weighted by atomic mass is 16.5. The summed E-state index contributed by atoms with van der Waals surface area (Å²) in [5.41, 5.74) is 3.29. The number of H-pyrrole nitrogens is 1. The van der Waals surface area contributed by atoms with Crippen molar-refractivity contribution in [3.63, 3.8) is 0 Å². The minimum atomic E-state index is -0.387. The number of aromatic amines is 1. The Morgan fingerprint density at radius 1 is 1.29 bits per heavy atom. The molecule has 1 aromatic carbocycles. The smallest absolute Gasteiger partial charge is 0.323 e. The predicted molar refractivity (Wildman–Crippen MR) is 90.9 cm³/mol. The lowest BCUT2D eigenvalue weighted by Gasteiger charge is -2.28. The zero-order valence-electron chi connectivity index (χ0n) is 13.8. The van der Waals surface area contributed by atoms with Crippen LogP contribution in [-0.4, -0.2) is 24.1 Å². The highest BCUT2D eigenvalue weighted by Crippen LogP contribution is 2.35. The first-order valence-electron chi connectivity index (χ1n) is 8.23. The van der Waals surface area contributed by atoms with E-state index < -0.39 is 0 Å². The van der Waals surface area contributed by atoms with Crippen LogP contribution in [0.5, 0.6) is 0 Å². The Hall–Kier alpha value is -2.53. The van der Waals surface area contributed by atoms with Crippen LogP contribution >= 0.6 is 0 Å². The van der Waals surface area contributed by atoms with Gasteiger partial charge in [-0.25, -0.2) is 0 Å². The van der Waals surface area contributed by atoms with Crippen molar-refractivity contribution < 1.29 is 13.9 Å². The number of rotatable bonds is 3. The van der Waals surface area contributed by atoms with E-state index in [1.165, 1.54) is 7.11 Å². The maximum atomic E-state index is 12.1. The summed E-state index contributed by atoms with van der Waals surface area (Å²) >= 11 is 0. The van der Waals surface area contributed by atoms with Gasteiger partial charge in [0.2, 0.25) is 0 Å². The van der Waals surface area contributed by atoms with E-state index >= 15 is 0 Å². The van der Waals surface area contributed by atoms with E-state index in [4.69, 9.17) is 9.15 Å². The number of aromatic nitrogens is 1. The van der Waals surface area contributed by atoms with Crippen LogP contribution in [0.3, 0.4) is 0 Å². The largest absolute Gasteiger partial charge is 0.468 e. The zero-order chi connectivity index (χ0) is 16.7. The lowest BCUT2D eigenvalue weighted by molar-refractivity contribution is -0.143. The highest BCUT2D eigenvalue weighted by Gasteiger charge is 2.35. The summed E-state index contributed by atoms with van der Waals surface area (Å²) in [6, 6.07) is 11.5. The van der Waals surface area contributed by atoms with Crippen molar-refractivity contribution in [2.24, 2.45) is 0 Å². The number of para-hydroxylation sites is 1. The molecule has 0 saturated carbocycles. The van der Waals surface area contributed by atoms with Crippen LogP contribution in [0.4, 0.5) is 0 Å². The summed E-state index contributed by atoms with van der Waals surface area (Å²) in [5, 5.41) is 4.52. The second-order valence-corrected chi connectivity index (χ2v) is 6.10. The number of aryl methyl sites for hydroxylation is 1. The highest BCUT2D eigenvalue weighted by molar-refractivity contribution is 5.87. The molecule has 1 aliphatic heterocycles. The number of hydrogen-bond donors (Lipinski definition) is 2. The van der Waals surface area contributed by atoms with Crippen molar-refractivity contribution in [3.8, 4) is 0 Å². The van der Waals surface area contributed by atoms with E-state index in [1.807, 2.05) is 24.3 Å². The number of methoxy groups -OCH3 is 1. The molecule has 3 heterocycles. The zero-order valence-corrected chi connectivity index (χ0v) is 13.8. The molecule has 3 aromatic rings. The van der Waals surface area contributed by atoms with Crippen LogP contribution in [0, 0.1) is 0 Å². The van der Waals surface area contributed by atoms with Crippen molar-refractivity contribution in [2.45, 2.75) is 31.8 Å². The number of carbonyl (C=O) groups excluding carboxylic acids is 1. The molecule has 0 spiro atoms. The van der Waals surface area contributed by atoms with Crippen molar-refractivity contribution in [1.82, 2.24) is 10.3 Å². The molecule has 0 radical (unpaired) electrons. The third kappa shape index (κ3) is 2.32. The number of fused-ring (bicyclic) bond motifs is 3. The lowest BCUT2D eigenvalue weighted by atomic mass is 9.93. The fourth-order valence-electron chi connectivity index (χ4n) is 3.49. The van der Waals surface area contributed by atoms with Crippen molar-refractivity contribution >= 4 is 16.9 Å². The van der Waals surface area contributed by atoms with Gasteiger partial charge in [0.15, 0.2) is 0 Å². The van der Waals surface area contributed by atoms with Gasteiger partial charge in [0, 0.05) is 29.4 Å². The maximum Gasteiger partial charge on any atom is 0.323 e. The van der Waals surface area contributed by atoms with Gasteiger partial charge in [0.25, 0.3) is 0 Å². The molecule has 0 fully saturated rings. The van der Waals surface area contributed by atoms with Gasteiger partial charge >= 0.3 is 5.97 Å². The van der Waals surface area contributed by atoms with Crippen molar-refractivity contribution in [2.75, 3.05) is 7.11 Å². The first-order valence-corrected chi connectivity index (χ1v) is 8.23. The Balaban J connectivity index is 1.85. The molecule has 2 N–H and O–H groups in total. The van der Waals surface area contributed by atoms with Crippen LogP contribution in [-0.2, 0) is 22.4 Å². The van der Waals surface area contributed by atoms with Gasteiger partial charge in [0.1, 0.15) is 23.6 Å². The van der Waals surface area contributed by atoms with Gasteiger partial charge in [-0.15, -0.1) is 0 Å². The number of nitrogens with one attached hydrogen (secondary N) is 2. The Morgan fingerprint density at radius 2 is 2.12 bits per heavy atom. The Bertz CT molecular complexity index is 893. The van der Waals surface area contributed by atoms with Crippen molar-refractivity contribution in [1.29, 1.82) is 0 Å². The van der Waals surface area contributed by atoms with Crippen LogP contribution in [0.2, 0.25) is 0 Å². The molecular weight excluding hydrogens is 304 g/mol. The molecule has 4 rings (SSSR count). The van der Waals surface area contributed by atoms with E-state index in [2.05, 4.69) is 29.4 Å². The summed E-state index contributed by atoms with van der Waals surface area (Å²) in [7, 11) is 1.42. The molecule has 2 atom stereocenters. The third-order valence-corrected chi connectivity index (χ3v) is 4.71. The lowest BCUT2D eigenvalue weighted by Crippen LogP contribution is -2.45. The number of benzene rings is 1. The monoisotopic (exact) mass is 324 g/mol. The molecule has 1 aliphatic rings. The first-order chi connectivity index (χ1) is 11.7. The molecular formula is C19H20N2O3. The Morgan fingerprint density at radius 3 is 2.88 bits per heavy atom. The third-order valence-electron chi connectivity index (χ3n) is 4.71. The fraction of sp³-hybridized carbons (Fsp3) is 0.316. The normalized spacial score (nSPS) is 20.1. The summed E-state index contributed by atoms with van der Waals surface area (Å²) < 4.78 is 10.9. The average Bonchev–Trinajstić information content (AvgIpc) is 3.24. The van der Waals surface area contributed by atoms with Crippen LogP contribution < -0.4 is 5.32 Å². The summed E-state index contributed by atoms with van der Waals surface area (Å²) in [6.45, 7) is 2.06. The summed E-state index contributed by atoms with van der Waals surface area (Å²) in [4.78, 5) is 15.6. The average molecular weight is 324 g/mol. The SMILES string of the molecule is CCc1ccc(C2NC(C(=O)OC)Cc3c2[nH]c2ccccc32)o1. The van der Waals surface area contributed by atoms with Crippen LogP contribution in [0.25, 0.3) is 10.9 Å². The van der Waals surface area contributed by atoms with Crippen LogP contribution in [0.15, 0.2) is 40.8 Å². The van der Waals surface area contributed by atoms with Gasteiger partial charge in [-0.1, -0.05) is 25.1 Å². The van der Waals surface area contributed by atoms with Gasteiger partial charge in [0.05, 0.1) is 7.11 Å². The van der Waals surface area contributed by atoms with E-state index in [9.17, 15) is 4.79 Å². The molecule has 124 valence electrons. The molecule has 5 heteroatoms. The second-order valence-electron chi connectivity index (χ2n) is 6.10. The molecule has 0 saturated heterocycles. The number of furan rings is 1. The van der Waals surface area contributed by atoms with E-state index in [0.29, 0.717) is 6.42 Å². The van der Waals surface area contributed by atoms with E-state index in [0.717, 1.165) is 40.1 Å². The molecule has 24 heavy (non-hydrogen) atoms. The summed E-state index contributed by atoms with van der Waals surface area (Å²) in [5.74, 6) is 1.50. The molecule has 0 aliphatic carbocycles. The Kier molecular flexibility index (Phi) is 3.65. The number of hydrogen-bond acceptors (Lipinski definition) is 4. The first kappa shape index (κ1) is 15.0. The molecule has 2 aromatic heterocycles. The van der Waals surface area contributed by atoms with E-state index in [1.54, 1.807) is 0 Å². The van der Waals surface area contributed by atoms with Gasteiger partial charge < -0.3 is 14.1 Å². The maximum absolute atomic E-state index is 12.1. The number of esters is 1. The van der Waals surface area contributed by atoms with Crippen LogP contribution in [0.1, 0.15) is 35.7 Å². The molecule has 2 unspecified atom stereocenters.